The Bertz CT molecular complexity index is 197. The summed E-state index contributed by atoms with van der Waals surface area (Å²) in [6, 6.07) is 2.02. The summed E-state index contributed by atoms with van der Waals surface area (Å²) < 4.78 is 0.881. The van der Waals surface area contributed by atoms with Crippen LogP contribution in [-0.2, 0) is 6.42 Å². The third kappa shape index (κ3) is 2.29. The van der Waals surface area contributed by atoms with Crippen LogP contribution in [0.15, 0.2) is 11.4 Å². The lowest BCUT2D eigenvalue weighted by molar-refractivity contribution is 0.793. The molecular weight excluding hydrogens is 166 g/mol. The van der Waals surface area contributed by atoms with Gasteiger partial charge in [0.25, 0.3) is 0 Å². The molecule has 0 aliphatic carbocycles. The summed E-state index contributed by atoms with van der Waals surface area (Å²) in [5, 5.41) is 5.18. The van der Waals surface area contributed by atoms with Gasteiger partial charge in [0.15, 0.2) is 0 Å². The first-order chi connectivity index (χ1) is 4.83. The summed E-state index contributed by atoms with van der Waals surface area (Å²) in [6.07, 6.45) is 1.07. The van der Waals surface area contributed by atoms with E-state index in [9.17, 15) is 0 Å². The van der Waals surface area contributed by atoms with Gasteiger partial charge in [-0.25, -0.2) is 0 Å². The molecule has 0 aliphatic rings. The smallest absolute Gasteiger partial charge is 0.0931 e. The minimum Gasteiger partial charge on any atom is -0.319 e. The van der Waals surface area contributed by atoms with E-state index in [1.54, 1.807) is 11.3 Å². The Kier molecular flexibility index (Phi) is 3.19. The maximum Gasteiger partial charge on any atom is 0.0931 e. The summed E-state index contributed by atoms with van der Waals surface area (Å²) in [4.78, 5) is 0. The van der Waals surface area contributed by atoms with E-state index in [2.05, 4.69) is 10.7 Å². The standard InChI is InChI=1S/C7H10ClNS/c1-9-3-2-6-4-7(8)10-5-6/h4-5,9H,2-3H2,1H3. The fourth-order valence-corrected chi connectivity index (χ4v) is 1.69. The van der Waals surface area contributed by atoms with Gasteiger partial charge in [-0.05, 0) is 37.0 Å². The predicted octanol–water partition coefficient (Wildman–Crippen LogP) is 2.16. The van der Waals surface area contributed by atoms with Crippen LogP contribution in [-0.4, -0.2) is 13.6 Å². The van der Waals surface area contributed by atoms with Gasteiger partial charge in [-0.15, -0.1) is 11.3 Å². The van der Waals surface area contributed by atoms with Crippen molar-refractivity contribution in [1.29, 1.82) is 0 Å². The van der Waals surface area contributed by atoms with Crippen LogP contribution in [0.1, 0.15) is 5.56 Å². The summed E-state index contributed by atoms with van der Waals surface area (Å²) in [7, 11) is 1.95. The second-order valence-corrected chi connectivity index (χ2v) is 3.66. The highest BCUT2D eigenvalue weighted by atomic mass is 35.5. The van der Waals surface area contributed by atoms with Gasteiger partial charge in [0, 0.05) is 0 Å². The van der Waals surface area contributed by atoms with Gasteiger partial charge < -0.3 is 5.32 Å². The van der Waals surface area contributed by atoms with Crippen LogP contribution in [0.2, 0.25) is 4.34 Å². The normalized spacial score (nSPS) is 10.2. The van der Waals surface area contributed by atoms with Crippen LogP contribution in [0.25, 0.3) is 0 Å². The number of thiophene rings is 1. The average molecular weight is 176 g/mol. The lowest BCUT2D eigenvalue weighted by Crippen LogP contribution is -2.09. The van der Waals surface area contributed by atoms with E-state index < -0.39 is 0 Å². The van der Waals surface area contributed by atoms with Crippen LogP contribution >= 0.6 is 22.9 Å². The average Bonchev–Trinajstić information content (AvgIpc) is 2.31. The van der Waals surface area contributed by atoms with Gasteiger partial charge in [-0.3, -0.25) is 0 Å². The van der Waals surface area contributed by atoms with Gasteiger partial charge in [-0.2, -0.15) is 0 Å². The Labute approximate surface area is 70.0 Å². The zero-order chi connectivity index (χ0) is 7.40. The van der Waals surface area contributed by atoms with E-state index in [4.69, 9.17) is 11.6 Å². The Morgan fingerprint density at radius 3 is 3.00 bits per heavy atom. The molecule has 0 atom stereocenters. The van der Waals surface area contributed by atoms with Crippen LogP contribution in [0.3, 0.4) is 0 Å². The van der Waals surface area contributed by atoms with Gasteiger partial charge in [0.05, 0.1) is 4.34 Å². The van der Waals surface area contributed by atoms with Crippen molar-refractivity contribution in [2.45, 2.75) is 6.42 Å². The van der Waals surface area contributed by atoms with E-state index in [-0.39, 0.29) is 0 Å². The van der Waals surface area contributed by atoms with Crippen molar-refractivity contribution in [2.75, 3.05) is 13.6 Å². The Balaban J connectivity index is 2.42. The van der Waals surface area contributed by atoms with Crippen molar-refractivity contribution >= 4 is 22.9 Å². The predicted molar refractivity (Wildman–Crippen MR) is 47.0 cm³/mol. The number of hydrogen-bond donors (Lipinski definition) is 1. The molecule has 1 aromatic heterocycles. The van der Waals surface area contributed by atoms with Crippen LogP contribution in [0, 0.1) is 0 Å². The summed E-state index contributed by atoms with van der Waals surface area (Å²) >= 11 is 7.33. The molecule has 1 N–H and O–H groups in total. The minimum atomic E-state index is 0.881. The third-order valence-corrected chi connectivity index (χ3v) is 2.43. The van der Waals surface area contributed by atoms with Crippen molar-refractivity contribution in [3.05, 3.63) is 21.3 Å². The molecule has 0 amide bonds. The SMILES string of the molecule is CNCCc1csc(Cl)c1. The van der Waals surface area contributed by atoms with E-state index in [1.165, 1.54) is 5.56 Å². The molecule has 10 heavy (non-hydrogen) atoms. The van der Waals surface area contributed by atoms with Crippen molar-refractivity contribution in [2.24, 2.45) is 0 Å². The van der Waals surface area contributed by atoms with E-state index in [0.29, 0.717) is 0 Å². The van der Waals surface area contributed by atoms with Gasteiger partial charge in [0.1, 0.15) is 0 Å². The van der Waals surface area contributed by atoms with Crippen LogP contribution in [0.4, 0.5) is 0 Å². The second kappa shape index (κ2) is 3.96. The molecule has 0 fully saturated rings. The van der Waals surface area contributed by atoms with E-state index >= 15 is 0 Å². The molecule has 0 saturated heterocycles. The van der Waals surface area contributed by atoms with Gasteiger partial charge >= 0.3 is 0 Å². The number of halogens is 1. The van der Waals surface area contributed by atoms with Gasteiger partial charge in [-0.1, -0.05) is 11.6 Å². The Hall–Kier alpha value is -0.0500. The number of nitrogens with one attached hydrogen (secondary N) is 1. The molecule has 0 unspecified atom stereocenters. The van der Waals surface area contributed by atoms with Crippen LogP contribution in [0.5, 0.6) is 0 Å². The lowest BCUT2D eigenvalue weighted by atomic mass is 10.2. The molecule has 0 saturated carbocycles. The zero-order valence-electron chi connectivity index (χ0n) is 5.86. The molecule has 1 nitrogen and oxygen atoms in total. The first-order valence-corrected chi connectivity index (χ1v) is 4.46. The number of rotatable bonds is 3. The van der Waals surface area contributed by atoms with Crippen molar-refractivity contribution in [3.8, 4) is 0 Å². The molecular formula is C7H10ClNS. The van der Waals surface area contributed by atoms with Crippen molar-refractivity contribution in [1.82, 2.24) is 5.32 Å². The maximum absolute atomic E-state index is 5.74. The molecule has 0 radical (unpaired) electrons. The Morgan fingerprint density at radius 1 is 1.70 bits per heavy atom. The van der Waals surface area contributed by atoms with E-state index in [0.717, 1.165) is 17.3 Å². The number of hydrogen-bond acceptors (Lipinski definition) is 2. The maximum atomic E-state index is 5.74. The van der Waals surface area contributed by atoms with Crippen molar-refractivity contribution < 1.29 is 0 Å². The van der Waals surface area contributed by atoms with Crippen LogP contribution < -0.4 is 5.32 Å². The molecule has 0 aliphatic heterocycles. The summed E-state index contributed by atoms with van der Waals surface area (Å²) in [5.41, 5.74) is 1.32. The minimum absolute atomic E-state index is 0.881. The molecule has 0 aromatic carbocycles. The number of likely N-dealkylation sites (N-methyl/N-ethyl adjacent to an activating group) is 1. The zero-order valence-corrected chi connectivity index (χ0v) is 7.43. The second-order valence-electron chi connectivity index (χ2n) is 2.11. The quantitative estimate of drug-likeness (QED) is 0.743. The monoisotopic (exact) mass is 175 g/mol. The molecule has 3 heteroatoms. The molecule has 0 bridgehead atoms. The van der Waals surface area contributed by atoms with E-state index in [1.807, 2.05) is 13.1 Å². The summed E-state index contributed by atoms with van der Waals surface area (Å²) in [6.45, 7) is 1.02. The molecule has 1 heterocycles. The topological polar surface area (TPSA) is 12.0 Å². The highest BCUT2D eigenvalue weighted by Crippen LogP contribution is 2.19. The molecule has 1 aromatic rings. The Morgan fingerprint density at radius 2 is 2.50 bits per heavy atom. The van der Waals surface area contributed by atoms with Crippen molar-refractivity contribution in [3.63, 3.8) is 0 Å². The molecule has 0 spiro atoms. The first kappa shape index (κ1) is 8.05. The third-order valence-electron chi connectivity index (χ3n) is 1.29. The molecule has 56 valence electrons. The molecule has 1 rings (SSSR count). The fourth-order valence-electron chi connectivity index (χ4n) is 0.746. The highest BCUT2D eigenvalue weighted by molar-refractivity contribution is 7.14. The first-order valence-electron chi connectivity index (χ1n) is 3.20. The van der Waals surface area contributed by atoms with Gasteiger partial charge in [0.2, 0.25) is 0 Å². The summed E-state index contributed by atoms with van der Waals surface area (Å²) in [5.74, 6) is 0. The lowest BCUT2D eigenvalue weighted by Gasteiger charge is -1.93. The largest absolute Gasteiger partial charge is 0.319 e. The highest BCUT2D eigenvalue weighted by Gasteiger charge is 1.94. The fraction of sp³-hybridized carbons (Fsp3) is 0.429.